The summed E-state index contributed by atoms with van der Waals surface area (Å²) < 4.78 is 1.69. The second kappa shape index (κ2) is 7.01. The first-order valence-corrected chi connectivity index (χ1v) is 9.06. The number of carbonyl (C=O) groups excluding carboxylic acids is 1. The highest BCUT2D eigenvalue weighted by Crippen LogP contribution is 2.20. The van der Waals surface area contributed by atoms with Gasteiger partial charge in [-0.1, -0.05) is 0 Å². The summed E-state index contributed by atoms with van der Waals surface area (Å²) in [6, 6.07) is 5.42. The highest BCUT2D eigenvalue weighted by Gasteiger charge is 2.13. The summed E-state index contributed by atoms with van der Waals surface area (Å²) in [7, 11) is 0. The number of nitrogens with one attached hydrogen (secondary N) is 2. The Bertz CT molecular complexity index is 1180. The number of amides is 1. The van der Waals surface area contributed by atoms with Crippen LogP contribution in [0.15, 0.2) is 24.5 Å². The van der Waals surface area contributed by atoms with Gasteiger partial charge in [-0.3, -0.25) is 4.79 Å². The van der Waals surface area contributed by atoms with E-state index >= 15 is 0 Å². The molecule has 0 aliphatic carbocycles. The molecule has 4 rings (SSSR count). The molecule has 0 aliphatic rings. The zero-order valence-corrected chi connectivity index (χ0v) is 15.9. The Labute approximate surface area is 160 Å². The maximum Gasteiger partial charge on any atom is 0.252 e. The summed E-state index contributed by atoms with van der Waals surface area (Å²) in [6.07, 6.45) is 1.68. The number of hydrogen-bond acceptors (Lipinski definition) is 6. The molecule has 1 amide bonds. The molecule has 28 heavy (non-hydrogen) atoms. The van der Waals surface area contributed by atoms with Gasteiger partial charge in [0.25, 0.3) is 5.78 Å². The van der Waals surface area contributed by atoms with Gasteiger partial charge in [0.2, 0.25) is 5.91 Å². The minimum Gasteiger partial charge on any atom is -0.385 e. The zero-order chi connectivity index (χ0) is 19.8. The maximum absolute atomic E-state index is 12.4. The summed E-state index contributed by atoms with van der Waals surface area (Å²) in [6.45, 7) is 5.52. The molecule has 1 aromatic carbocycles. The molecule has 0 saturated heterocycles. The third kappa shape index (κ3) is 3.31. The van der Waals surface area contributed by atoms with Crippen molar-refractivity contribution >= 4 is 28.4 Å². The maximum atomic E-state index is 12.4. The van der Waals surface area contributed by atoms with E-state index < -0.39 is 6.10 Å². The van der Waals surface area contributed by atoms with Crippen LogP contribution >= 0.6 is 0 Å². The number of fused-ring (bicyclic) bond motifs is 2. The lowest BCUT2D eigenvalue weighted by atomic mass is 10.1. The van der Waals surface area contributed by atoms with Crippen molar-refractivity contribution in [3.05, 3.63) is 47.3 Å². The number of nitrogens with zero attached hydrogens (tertiary/aromatic N) is 5. The highest BCUT2D eigenvalue weighted by atomic mass is 16.3. The minimum atomic E-state index is -0.673. The number of aliphatic hydroxyl groups excluding tert-OH is 1. The summed E-state index contributed by atoms with van der Waals surface area (Å²) >= 11 is 0. The van der Waals surface area contributed by atoms with E-state index in [-0.39, 0.29) is 5.91 Å². The Kier molecular flexibility index (Phi) is 4.52. The van der Waals surface area contributed by atoms with E-state index in [1.54, 1.807) is 17.5 Å². The molecule has 3 aromatic heterocycles. The van der Waals surface area contributed by atoms with Gasteiger partial charge in [0.05, 0.1) is 11.0 Å². The van der Waals surface area contributed by atoms with Crippen LogP contribution in [-0.2, 0) is 11.2 Å². The summed E-state index contributed by atoms with van der Waals surface area (Å²) in [5, 5.41) is 16.7. The molecular weight excluding hydrogens is 358 g/mol. The van der Waals surface area contributed by atoms with Gasteiger partial charge in [-0.15, -0.1) is 0 Å². The predicted molar refractivity (Wildman–Crippen MR) is 104 cm³/mol. The monoisotopic (exact) mass is 379 g/mol. The molecule has 3 N–H and O–H groups in total. The molecule has 1 unspecified atom stereocenters. The molecule has 0 aliphatic heterocycles. The Morgan fingerprint density at radius 3 is 2.93 bits per heavy atom. The van der Waals surface area contributed by atoms with Gasteiger partial charge in [-0.25, -0.2) is 14.5 Å². The van der Waals surface area contributed by atoms with Crippen LogP contribution < -0.4 is 5.32 Å². The number of aromatic nitrogens is 6. The normalized spacial score (nSPS) is 12.6. The first-order chi connectivity index (χ1) is 13.4. The van der Waals surface area contributed by atoms with Gasteiger partial charge >= 0.3 is 0 Å². The average molecular weight is 379 g/mol. The second-order valence-corrected chi connectivity index (χ2v) is 6.81. The smallest absolute Gasteiger partial charge is 0.252 e. The fourth-order valence-corrected chi connectivity index (χ4v) is 3.28. The number of hydrogen-bond donors (Lipinski definition) is 3. The summed E-state index contributed by atoms with van der Waals surface area (Å²) in [5.74, 6) is 0.972. The standard InChI is InChI=1S/C19H21N7O2/c1-10-14(11(2)26-19(22-10)20-9-21-26)5-7-17(28)23-13-4-6-15-16(8-13)25-18(24-15)12(3)27/h4,6,8-9,12,27H,5,7H2,1-3H3,(H,23,28)(H,24,25). The molecule has 9 nitrogen and oxygen atoms in total. The zero-order valence-electron chi connectivity index (χ0n) is 15.9. The SMILES string of the molecule is Cc1nc2ncnn2c(C)c1CCC(=O)Nc1ccc2nc(C(C)O)[nH]c2c1. The van der Waals surface area contributed by atoms with Gasteiger partial charge in [0, 0.05) is 23.5 Å². The molecule has 3 heterocycles. The van der Waals surface area contributed by atoms with Crippen LogP contribution in [0.1, 0.15) is 42.2 Å². The first-order valence-electron chi connectivity index (χ1n) is 9.06. The van der Waals surface area contributed by atoms with E-state index in [1.165, 1.54) is 6.33 Å². The molecule has 0 radical (unpaired) electrons. The number of rotatable bonds is 5. The van der Waals surface area contributed by atoms with E-state index in [2.05, 4.69) is 30.4 Å². The number of aliphatic hydroxyl groups is 1. The number of anilines is 1. The highest BCUT2D eigenvalue weighted by molar-refractivity contribution is 5.93. The molecule has 0 spiro atoms. The lowest BCUT2D eigenvalue weighted by molar-refractivity contribution is -0.116. The van der Waals surface area contributed by atoms with Gasteiger partial charge in [-0.2, -0.15) is 10.1 Å². The molecule has 9 heteroatoms. The van der Waals surface area contributed by atoms with Crippen LogP contribution in [0.25, 0.3) is 16.8 Å². The van der Waals surface area contributed by atoms with Gasteiger partial charge < -0.3 is 15.4 Å². The van der Waals surface area contributed by atoms with Crippen molar-refractivity contribution in [3.8, 4) is 0 Å². The van der Waals surface area contributed by atoms with Crippen molar-refractivity contribution in [1.82, 2.24) is 29.5 Å². The van der Waals surface area contributed by atoms with Gasteiger partial charge in [-0.05, 0) is 51.0 Å². The third-order valence-corrected chi connectivity index (χ3v) is 4.77. The molecule has 4 aromatic rings. The van der Waals surface area contributed by atoms with Crippen LogP contribution in [0.5, 0.6) is 0 Å². The van der Waals surface area contributed by atoms with Crippen LogP contribution in [0.4, 0.5) is 5.69 Å². The minimum absolute atomic E-state index is 0.0906. The lowest BCUT2D eigenvalue weighted by Gasteiger charge is -2.10. The van der Waals surface area contributed by atoms with Gasteiger partial charge in [0.1, 0.15) is 18.3 Å². The number of aryl methyl sites for hydroxylation is 2. The van der Waals surface area contributed by atoms with Crippen LogP contribution in [0.2, 0.25) is 0 Å². The Hall–Kier alpha value is -3.33. The van der Waals surface area contributed by atoms with E-state index in [4.69, 9.17) is 0 Å². The molecular formula is C19H21N7O2. The Morgan fingerprint density at radius 1 is 1.32 bits per heavy atom. The van der Waals surface area contributed by atoms with Crippen molar-refractivity contribution in [2.45, 2.75) is 39.7 Å². The van der Waals surface area contributed by atoms with Crippen LogP contribution in [-0.4, -0.2) is 40.6 Å². The molecule has 1 atom stereocenters. The van der Waals surface area contributed by atoms with E-state index in [1.807, 2.05) is 26.0 Å². The third-order valence-electron chi connectivity index (χ3n) is 4.77. The van der Waals surface area contributed by atoms with Crippen LogP contribution in [0.3, 0.4) is 0 Å². The van der Waals surface area contributed by atoms with E-state index in [0.717, 1.165) is 28.0 Å². The van der Waals surface area contributed by atoms with Gasteiger partial charge in [0.15, 0.2) is 0 Å². The summed E-state index contributed by atoms with van der Waals surface area (Å²) in [4.78, 5) is 28.4. The average Bonchev–Trinajstić information content (AvgIpc) is 3.27. The number of imidazole rings is 1. The van der Waals surface area contributed by atoms with E-state index in [9.17, 15) is 9.90 Å². The Balaban J connectivity index is 1.47. The van der Waals surface area contributed by atoms with E-state index in [0.29, 0.717) is 30.1 Å². The van der Waals surface area contributed by atoms with Crippen molar-refractivity contribution in [2.75, 3.05) is 5.32 Å². The van der Waals surface area contributed by atoms with Crippen molar-refractivity contribution in [1.29, 1.82) is 0 Å². The lowest BCUT2D eigenvalue weighted by Crippen LogP contribution is -2.14. The number of H-pyrrole nitrogens is 1. The fourth-order valence-electron chi connectivity index (χ4n) is 3.28. The first kappa shape index (κ1) is 18.1. The van der Waals surface area contributed by atoms with Crippen molar-refractivity contribution in [3.63, 3.8) is 0 Å². The largest absolute Gasteiger partial charge is 0.385 e. The van der Waals surface area contributed by atoms with Crippen LogP contribution in [0, 0.1) is 13.8 Å². The molecule has 0 fully saturated rings. The molecule has 0 saturated carbocycles. The topological polar surface area (TPSA) is 121 Å². The number of benzene rings is 1. The molecule has 144 valence electrons. The fraction of sp³-hybridized carbons (Fsp3) is 0.316. The molecule has 0 bridgehead atoms. The van der Waals surface area contributed by atoms with Crippen molar-refractivity contribution in [2.24, 2.45) is 0 Å². The number of aromatic amines is 1. The quantitative estimate of drug-likeness (QED) is 0.489. The van der Waals surface area contributed by atoms with Crippen molar-refractivity contribution < 1.29 is 9.90 Å². The number of carbonyl (C=O) groups is 1. The second-order valence-electron chi connectivity index (χ2n) is 6.81. The Morgan fingerprint density at radius 2 is 2.14 bits per heavy atom. The predicted octanol–water partition coefficient (Wildman–Crippen LogP) is 2.24. The summed E-state index contributed by atoms with van der Waals surface area (Å²) in [5.41, 5.74) is 4.98.